The number of fused-ring (bicyclic) bond motifs is 1. The molecule has 1 amide bonds. The number of carbonyl (C=O) groups excluding carboxylic acids is 1. The molecule has 0 aromatic carbocycles. The van der Waals surface area contributed by atoms with Gasteiger partial charge in [0.2, 0.25) is 5.91 Å². The molecule has 2 heterocycles. The van der Waals surface area contributed by atoms with Gasteiger partial charge in [0.25, 0.3) is 5.56 Å². The summed E-state index contributed by atoms with van der Waals surface area (Å²) < 4.78 is 7.23. The molecular formula is C12H15N3O3S2. The first-order valence-electron chi connectivity index (χ1n) is 6.09. The summed E-state index contributed by atoms with van der Waals surface area (Å²) in [5.41, 5.74) is 0.592. The number of amides is 1. The first-order valence-corrected chi connectivity index (χ1v) is 7.38. The molecule has 0 aliphatic rings. The molecular weight excluding hydrogens is 298 g/mol. The zero-order valence-electron chi connectivity index (χ0n) is 11.0. The van der Waals surface area contributed by atoms with E-state index in [2.05, 4.69) is 10.3 Å². The van der Waals surface area contributed by atoms with Crippen LogP contribution in [0.25, 0.3) is 10.2 Å². The number of carbonyl (C=O) groups is 1. The lowest BCUT2D eigenvalue weighted by atomic mass is 10.4. The molecule has 20 heavy (non-hydrogen) atoms. The Morgan fingerprint density at radius 1 is 1.60 bits per heavy atom. The number of hydrogen-bond acceptors (Lipinski definition) is 5. The fourth-order valence-corrected chi connectivity index (χ4v) is 2.85. The van der Waals surface area contributed by atoms with E-state index in [1.54, 1.807) is 7.11 Å². The minimum Gasteiger partial charge on any atom is -0.383 e. The molecule has 6 nitrogen and oxygen atoms in total. The summed E-state index contributed by atoms with van der Waals surface area (Å²) in [6, 6.07) is 1.82. The highest BCUT2D eigenvalue weighted by molar-refractivity contribution is 7.71. The van der Waals surface area contributed by atoms with Crippen LogP contribution in [0.1, 0.15) is 6.42 Å². The minimum atomic E-state index is -0.150. The van der Waals surface area contributed by atoms with Crippen molar-refractivity contribution in [2.75, 3.05) is 20.3 Å². The molecule has 0 unspecified atom stereocenters. The van der Waals surface area contributed by atoms with Crippen molar-refractivity contribution in [2.45, 2.75) is 13.0 Å². The molecule has 0 radical (unpaired) electrons. The van der Waals surface area contributed by atoms with Crippen LogP contribution in [0.5, 0.6) is 0 Å². The monoisotopic (exact) mass is 313 g/mol. The molecule has 0 aliphatic heterocycles. The number of ether oxygens (including phenoxy) is 1. The summed E-state index contributed by atoms with van der Waals surface area (Å²) in [5, 5.41) is 4.54. The summed E-state index contributed by atoms with van der Waals surface area (Å²) >= 11 is 6.51. The molecule has 0 saturated carbocycles. The van der Waals surface area contributed by atoms with E-state index in [9.17, 15) is 9.59 Å². The fourth-order valence-electron chi connectivity index (χ4n) is 1.77. The number of aromatic amines is 1. The topological polar surface area (TPSA) is 76.1 Å². The van der Waals surface area contributed by atoms with Crippen LogP contribution in [0.15, 0.2) is 16.2 Å². The Balaban J connectivity index is 2.08. The minimum absolute atomic E-state index is 0.130. The van der Waals surface area contributed by atoms with Crippen LogP contribution in [0.2, 0.25) is 0 Å². The van der Waals surface area contributed by atoms with Crippen molar-refractivity contribution in [3.8, 4) is 0 Å². The van der Waals surface area contributed by atoms with E-state index in [4.69, 9.17) is 17.0 Å². The van der Waals surface area contributed by atoms with Crippen LogP contribution < -0.4 is 10.9 Å². The normalized spacial score (nSPS) is 10.8. The predicted molar refractivity (Wildman–Crippen MR) is 80.8 cm³/mol. The number of rotatable bonds is 6. The smallest absolute Gasteiger partial charge is 0.272 e. The number of aromatic nitrogens is 2. The number of nitrogens with one attached hydrogen (secondary N) is 2. The fraction of sp³-hybridized carbons (Fsp3) is 0.417. The molecule has 0 aliphatic carbocycles. The lowest BCUT2D eigenvalue weighted by molar-refractivity contribution is -0.121. The number of methoxy groups -OCH3 is 1. The van der Waals surface area contributed by atoms with E-state index in [1.807, 2.05) is 11.4 Å². The Morgan fingerprint density at radius 2 is 2.40 bits per heavy atom. The van der Waals surface area contributed by atoms with Crippen LogP contribution in [0.4, 0.5) is 0 Å². The Labute approximate surface area is 124 Å². The Hall–Kier alpha value is -1.51. The van der Waals surface area contributed by atoms with E-state index in [0.29, 0.717) is 22.6 Å². The maximum Gasteiger partial charge on any atom is 0.272 e. The van der Waals surface area contributed by atoms with Crippen molar-refractivity contribution in [1.82, 2.24) is 14.9 Å². The van der Waals surface area contributed by atoms with Gasteiger partial charge in [-0.25, -0.2) is 0 Å². The summed E-state index contributed by atoms with van der Waals surface area (Å²) in [5.74, 6) is -0.130. The van der Waals surface area contributed by atoms with Gasteiger partial charge in [-0.3, -0.25) is 14.2 Å². The van der Waals surface area contributed by atoms with Crippen molar-refractivity contribution in [3.05, 3.63) is 26.6 Å². The SMILES string of the molecule is COCCNC(=O)CCn1c(=S)[nH]c2ccsc2c1=O. The number of hydrogen-bond donors (Lipinski definition) is 2. The largest absolute Gasteiger partial charge is 0.383 e. The number of H-pyrrole nitrogens is 1. The van der Waals surface area contributed by atoms with E-state index in [0.717, 1.165) is 5.52 Å². The van der Waals surface area contributed by atoms with Crippen LogP contribution in [0.3, 0.4) is 0 Å². The predicted octanol–water partition coefficient (Wildman–Crippen LogP) is 1.27. The Morgan fingerprint density at radius 3 is 3.15 bits per heavy atom. The van der Waals surface area contributed by atoms with Gasteiger partial charge in [0, 0.05) is 26.6 Å². The van der Waals surface area contributed by atoms with Crippen LogP contribution in [0, 0.1) is 4.77 Å². The summed E-state index contributed by atoms with van der Waals surface area (Å²) in [7, 11) is 1.57. The molecule has 2 N–H and O–H groups in total. The third-order valence-corrected chi connectivity index (χ3v) is 4.01. The van der Waals surface area contributed by atoms with Gasteiger partial charge in [-0.2, -0.15) is 0 Å². The van der Waals surface area contributed by atoms with Crippen LogP contribution in [-0.4, -0.2) is 35.7 Å². The standard InChI is InChI=1S/C12H15N3O3S2/c1-18-6-4-13-9(16)2-5-15-11(17)10-8(3-7-20-10)14-12(15)19/h3,7H,2,4-6H2,1H3,(H,13,16)(H,14,19). The highest BCUT2D eigenvalue weighted by Gasteiger charge is 2.08. The van der Waals surface area contributed by atoms with Crippen molar-refractivity contribution in [3.63, 3.8) is 0 Å². The molecule has 2 aromatic heterocycles. The zero-order valence-corrected chi connectivity index (χ0v) is 12.6. The second-order valence-electron chi connectivity index (χ2n) is 4.14. The van der Waals surface area contributed by atoms with Crippen molar-refractivity contribution >= 4 is 39.7 Å². The quantitative estimate of drug-likeness (QED) is 0.622. The molecule has 0 saturated heterocycles. The lowest BCUT2D eigenvalue weighted by Gasteiger charge is -2.07. The van der Waals surface area contributed by atoms with E-state index in [1.165, 1.54) is 15.9 Å². The molecule has 0 bridgehead atoms. The van der Waals surface area contributed by atoms with Gasteiger partial charge in [-0.1, -0.05) is 0 Å². The highest BCUT2D eigenvalue weighted by atomic mass is 32.1. The maximum absolute atomic E-state index is 12.2. The Kier molecular flexibility index (Phi) is 5.05. The second-order valence-corrected chi connectivity index (χ2v) is 5.45. The maximum atomic E-state index is 12.2. The van der Waals surface area contributed by atoms with Crippen molar-refractivity contribution in [1.29, 1.82) is 0 Å². The average molecular weight is 313 g/mol. The van der Waals surface area contributed by atoms with Gasteiger partial charge in [0.1, 0.15) is 4.70 Å². The molecule has 2 aromatic rings. The van der Waals surface area contributed by atoms with Gasteiger partial charge in [0.15, 0.2) is 4.77 Å². The highest BCUT2D eigenvalue weighted by Crippen LogP contribution is 2.13. The molecule has 108 valence electrons. The van der Waals surface area contributed by atoms with Gasteiger partial charge in [0.05, 0.1) is 12.1 Å². The number of nitrogens with zero attached hydrogens (tertiary/aromatic N) is 1. The molecule has 2 rings (SSSR count). The van der Waals surface area contributed by atoms with Crippen molar-refractivity contribution < 1.29 is 9.53 Å². The summed E-state index contributed by atoms with van der Waals surface area (Å²) in [6.45, 7) is 1.19. The van der Waals surface area contributed by atoms with Crippen LogP contribution in [-0.2, 0) is 16.1 Å². The first-order chi connectivity index (χ1) is 9.63. The first kappa shape index (κ1) is 14.9. The second kappa shape index (κ2) is 6.78. The third kappa shape index (κ3) is 3.33. The number of thiophene rings is 1. The zero-order chi connectivity index (χ0) is 14.5. The molecule has 0 atom stereocenters. The van der Waals surface area contributed by atoms with E-state index < -0.39 is 0 Å². The van der Waals surface area contributed by atoms with Gasteiger partial charge >= 0.3 is 0 Å². The lowest BCUT2D eigenvalue weighted by Crippen LogP contribution is -2.30. The molecule has 0 spiro atoms. The average Bonchev–Trinajstić information content (AvgIpc) is 2.87. The molecule has 0 fully saturated rings. The Bertz CT molecular complexity index is 717. The van der Waals surface area contributed by atoms with E-state index in [-0.39, 0.29) is 24.4 Å². The van der Waals surface area contributed by atoms with Gasteiger partial charge in [-0.05, 0) is 23.7 Å². The molecule has 8 heteroatoms. The summed E-state index contributed by atoms with van der Waals surface area (Å²) in [4.78, 5) is 26.8. The van der Waals surface area contributed by atoms with Gasteiger partial charge < -0.3 is 15.0 Å². The summed E-state index contributed by atoms with van der Waals surface area (Å²) in [6.07, 6.45) is 0.206. The third-order valence-electron chi connectivity index (χ3n) is 2.78. The van der Waals surface area contributed by atoms with E-state index >= 15 is 0 Å². The van der Waals surface area contributed by atoms with Gasteiger partial charge in [-0.15, -0.1) is 11.3 Å². The van der Waals surface area contributed by atoms with Crippen molar-refractivity contribution in [2.24, 2.45) is 0 Å². The van der Waals surface area contributed by atoms with Crippen LogP contribution >= 0.6 is 23.6 Å².